The fraction of sp³-hybridized carbons (Fsp3) is 0.148. The Morgan fingerprint density at radius 1 is 0.270 bits per heavy atom. The van der Waals surface area contributed by atoms with Crippen molar-refractivity contribution in [3.63, 3.8) is 0 Å². The molecule has 0 nitrogen and oxygen atoms in total. The Labute approximate surface area is 378 Å². The number of benzene rings is 8. The minimum absolute atomic E-state index is 0.124. The first-order valence-electron chi connectivity index (χ1n) is 22.3. The van der Waals surface area contributed by atoms with E-state index in [4.69, 9.17) is 0 Å². The van der Waals surface area contributed by atoms with Crippen molar-refractivity contribution in [2.24, 2.45) is 0 Å². The van der Waals surface area contributed by atoms with Crippen LogP contribution in [-0.2, 0) is 16.2 Å². The van der Waals surface area contributed by atoms with Gasteiger partial charge >= 0.3 is 0 Å². The zero-order valence-corrected chi connectivity index (χ0v) is 38.1. The summed E-state index contributed by atoms with van der Waals surface area (Å²) in [6.45, 7) is 14.6. The van der Waals surface area contributed by atoms with Crippen LogP contribution >= 0.6 is 22.7 Å². The highest BCUT2D eigenvalue weighted by molar-refractivity contribution is 7.22. The quantitative estimate of drug-likeness (QED) is 0.166. The fourth-order valence-corrected chi connectivity index (χ4v) is 13.6. The maximum absolute atomic E-state index is 2.57. The van der Waals surface area contributed by atoms with E-state index in [1.807, 2.05) is 22.7 Å². The minimum atomic E-state index is -0.127. The molecule has 63 heavy (non-hydrogen) atoms. The van der Waals surface area contributed by atoms with E-state index in [0.717, 1.165) is 0 Å². The van der Waals surface area contributed by atoms with E-state index in [-0.39, 0.29) is 16.2 Å². The molecule has 2 heteroatoms. The van der Waals surface area contributed by atoms with Gasteiger partial charge in [0, 0.05) is 35.4 Å². The zero-order chi connectivity index (χ0) is 42.6. The molecule has 10 aromatic rings. The molecule has 8 aromatic carbocycles. The van der Waals surface area contributed by atoms with Gasteiger partial charge in [0.05, 0.1) is 0 Å². The first-order chi connectivity index (χ1) is 30.4. The fourth-order valence-electron chi connectivity index (χ4n) is 11.4. The lowest BCUT2D eigenvalue weighted by Crippen LogP contribution is -2.17. The molecule has 0 saturated carbocycles. The molecule has 3 aliphatic carbocycles. The molecule has 3 aliphatic rings. The molecule has 2 aromatic heterocycles. The van der Waals surface area contributed by atoms with Gasteiger partial charge in [0.2, 0.25) is 0 Å². The second-order valence-electron chi connectivity index (χ2n) is 19.7. The maximum Gasteiger partial charge on any atom is 0.0355 e. The Kier molecular flexibility index (Phi) is 7.62. The van der Waals surface area contributed by atoms with E-state index in [1.54, 1.807) is 0 Å². The smallest absolute Gasteiger partial charge is 0.0355 e. The number of hydrogen-bond donors (Lipinski definition) is 0. The van der Waals surface area contributed by atoms with Crippen LogP contribution in [0.2, 0.25) is 0 Å². The lowest BCUT2D eigenvalue weighted by Gasteiger charge is -2.25. The van der Waals surface area contributed by atoms with Crippen LogP contribution in [-0.4, -0.2) is 0 Å². The lowest BCUT2D eigenvalue weighted by atomic mass is 9.78. The van der Waals surface area contributed by atoms with Crippen molar-refractivity contribution in [2.75, 3.05) is 0 Å². The molecule has 2 heterocycles. The van der Waals surface area contributed by atoms with E-state index in [0.29, 0.717) is 0 Å². The lowest BCUT2D eigenvalue weighted by molar-refractivity contribution is 0.649. The predicted molar refractivity (Wildman–Crippen MR) is 272 cm³/mol. The number of hydrogen-bond acceptors (Lipinski definition) is 2. The molecule has 0 radical (unpaired) electrons. The van der Waals surface area contributed by atoms with Crippen LogP contribution in [0.5, 0.6) is 0 Å². The number of fused-ring (bicyclic) bond motifs is 11. The van der Waals surface area contributed by atoms with E-state index < -0.39 is 0 Å². The van der Waals surface area contributed by atoms with Crippen molar-refractivity contribution in [1.29, 1.82) is 0 Å². The van der Waals surface area contributed by atoms with Crippen molar-refractivity contribution < 1.29 is 0 Å². The monoisotopic (exact) mass is 842 g/mol. The second kappa shape index (κ2) is 12.9. The summed E-state index contributed by atoms with van der Waals surface area (Å²) in [7, 11) is 0. The Morgan fingerprint density at radius 3 is 0.937 bits per heavy atom. The van der Waals surface area contributed by atoms with Gasteiger partial charge < -0.3 is 0 Å². The molecule has 0 amide bonds. The molecule has 0 N–H and O–H groups in total. The third kappa shape index (κ3) is 5.32. The molecule has 0 fully saturated rings. The SMILES string of the molecule is CC1(C)c2cc(-c3ccc(-c4cc5ccccc5s4)cc3)ccc2-c2cc3c(cc21)-c1cc2c(cc1C3(C)C)-c1ccc(-c3ccc(-c4cc5ccccc5s4)cc3)cc1C2(C)C. The summed E-state index contributed by atoms with van der Waals surface area (Å²) in [5.41, 5.74) is 24.2. The molecule has 0 unspecified atom stereocenters. The molecule has 0 saturated heterocycles. The summed E-state index contributed by atoms with van der Waals surface area (Å²) in [4.78, 5) is 2.64. The Hall–Kier alpha value is -6.32. The highest BCUT2D eigenvalue weighted by atomic mass is 32.1. The standard InChI is InChI=1S/C61H46S2/c1-59(2)49-27-39(35-15-19-37(20-16-35)57-29-41-11-7-9-13-55(41)62-57)23-25-43(49)45-31-53-47(33-51(45)59)48-34-52-46(32-54(48)61(53,5)6)44-26-24-40(28-50(44)60(52,3)4)36-17-21-38(22-18-36)58-30-42-12-8-10-14-56(42)63-58/h7-34H,1-6H3. The van der Waals surface area contributed by atoms with Gasteiger partial charge in [-0.2, -0.15) is 0 Å². The summed E-state index contributed by atoms with van der Waals surface area (Å²) in [5, 5.41) is 2.63. The summed E-state index contributed by atoms with van der Waals surface area (Å²) in [6.07, 6.45) is 0. The third-order valence-corrected chi connectivity index (χ3v) is 17.5. The van der Waals surface area contributed by atoms with Crippen molar-refractivity contribution in [3.05, 3.63) is 203 Å². The second-order valence-corrected chi connectivity index (χ2v) is 21.9. The summed E-state index contributed by atoms with van der Waals surface area (Å²) in [5.74, 6) is 0. The number of thiophene rings is 2. The average molecular weight is 843 g/mol. The Balaban J connectivity index is 0.829. The topological polar surface area (TPSA) is 0 Å². The first-order valence-corrected chi connectivity index (χ1v) is 23.9. The molecule has 0 spiro atoms. The van der Waals surface area contributed by atoms with Crippen molar-refractivity contribution in [1.82, 2.24) is 0 Å². The van der Waals surface area contributed by atoms with Crippen LogP contribution in [0.15, 0.2) is 170 Å². The van der Waals surface area contributed by atoms with E-state index in [1.165, 1.54) is 130 Å². The molecule has 13 rings (SSSR count). The average Bonchev–Trinajstić information content (AvgIpc) is 4.08. The molecule has 0 atom stereocenters. The summed E-state index contributed by atoms with van der Waals surface area (Å²) in [6, 6.07) is 65.0. The summed E-state index contributed by atoms with van der Waals surface area (Å²) >= 11 is 3.74. The zero-order valence-electron chi connectivity index (χ0n) is 36.5. The van der Waals surface area contributed by atoms with Crippen LogP contribution < -0.4 is 0 Å². The highest BCUT2D eigenvalue weighted by Gasteiger charge is 2.44. The van der Waals surface area contributed by atoms with Gasteiger partial charge in [-0.1, -0.05) is 151 Å². The van der Waals surface area contributed by atoms with Crippen LogP contribution in [0.3, 0.4) is 0 Å². The maximum atomic E-state index is 2.57. The van der Waals surface area contributed by atoms with Gasteiger partial charge in [-0.3, -0.25) is 0 Å². The van der Waals surface area contributed by atoms with Crippen LogP contribution in [0.1, 0.15) is 74.9 Å². The molecular formula is C61H46S2. The van der Waals surface area contributed by atoms with Crippen molar-refractivity contribution in [3.8, 4) is 76.5 Å². The Bertz CT molecular complexity index is 3260. The van der Waals surface area contributed by atoms with Gasteiger partial charge in [-0.25, -0.2) is 0 Å². The normalized spacial score (nSPS) is 15.5. The largest absolute Gasteiger partial charge is 0.135 e. The Morgan fingerprint density at radius 2 is 0.571 bits per heavy atom. The van der Waals surface area contributed by atoms with Gasteiger partial charge in [-0.05, 0) is 172 Å². The van der Waals surface area contributed by atoms with Gasteiger partial charge in [-0.15, -0.1) is 22.7 Å². The van der Waals surface area contributed by atoms with Gasteiger partial charge in [0.1, 0.15) is 0 Å². The van der Waals surface area contributed by atoms with E-state index in [2.05, 4.69) is 211 Å². The third-order valence-electron chi connectivity index (χ3n) is 15.1. The van der Waals surface area contributed by atoms with Crippen LogP contribution in [0.25, 0.3) is 96.7 Å². The van der Waals surface area contributed by atoms with Crippen molar-refractivity contribution >= 4 is 42.8 Å². The number of rotatable bonds is 4. The van der Waals surface area contributed by atoms with Gasteiger partial charge in [0.15, 0.2) is 0 Å². The first kappa shape index (κ1) is 37.3. The molecule has 0 bridgehead atoms. The molecular weight excluding hydrogens is 797 g/mol. The van der Waals surface area contributed by atoms with Crippen molar-refractivity contribution in [2.45, 2.75) is 57.8 Å². The molecule has 302 valence electrons. The molecule has 0 aliphatic heterocycles. The van der Waals surface area contributed by atoms with Gasteiger partial charge in [0.25, 0.3) is 0 Å². The van der Waals surface area contributed by atoms with Crippen LogP contribution in [0, 0.1) is 0 Å². The van der Waals surface area contributed by atoms with Crippen LogP contribution in [0.4, 0.5) is 0 Å². The summed E-state index contributed by atoms with van der Waals surface area (Å²) < 4.78 is 2.67. The van der Waals surface area contributed by atoms with E-state index in [9.17, 15) is 0 Å². The predicted octanol–water partition coefficient (Wildman–Crippen LogP) is 17.7. The minimum Gasteiger partial charge on any atom is -0.135 e. The van der Waals surface area contributed by atoms with E-state index >= 15 is 0 Å². The highest BCUT2D eigenvalue weighted by Crippen LogP contribution is 2.60.